The monoisotopic (exact) mass is 258 g/mol. The predicted octanol–water partition coefficient (Wildman–Crippen LogP) is 6.15. The van der Waals surface area contributed by atoms with E-state index in [4.69, 9.17) is 0 Å². The Bertz CT molecular complexity index is 156. The summed E-state index contributed by atoms with van der Waals surface area (Å²) >= 11 is 2.17. The second-order valence-electron chi connectivity index (χ2n) is 5.66. The van der Waals surface area contributed by atoms with E-state index in [9.17, 15) is 0 Å². The van der Waals surface area contributed by atoms with Crippen LogP contribution in [0.15, 0.2) is 0 Å². The Kier molecular flexibility index (Phi) is 11.7. The van der Waals surface area contributed by atoms with Gasteiger partial charge in [-0.2, -0.15) is 11.8 Å². The highest BCUT2D eigenvalue weighted by atomic mass is 32.2. The third-order valence-corrected chi connectivity index (χ3v) is 5.09. The summed E-state index contributed by atoms with van der Waals surface area (Å²) in [5, 5.41) is 0.852. The Labute approximate surface area is 114 Å². The molecule has 0 fully saturated rings. The lowest BCUT2D eigenvalue weighted by Crippen LogP contribution is -2.09. The maximum Gasteiger partial charge on any atom is 0.00160 e. The van der Waals surface area contributed by atoms with Gasteiger partial charge in [-0.1, -0.05) is 60.3 Å². The first-order valence-electron chi connectivity index (χ1n) is 7.75. The molecule has 0 amide bonds. The van der Waals surface area contributed by atoms with Crippen LogP contribution in [0.4, 0.5) is 0 Å². The average Bonchev–Trinajstić information content (AvgIpc) is 2.29. The quantitative estimate of drug-likeness (QED) is 0.428. The van der Waals surface area contributed by atoms with E-state index < -0.39 is 0 Å². The molecule has 0 radical (unpaired) electrons. The molecule has 17 heavy (non-hydrogen) atoms. The number of hydrogen-bond acceptors (Lipinski definition) is 1. The Morgan fingerprint density at radius 2 is 1.53 bits per heavy atom. The topological polar surface area (TPSA) is 0 Å². The van der Waals surface area contributed by atoms with Crippen LogP contribution in [0, 0.1) is 11.8 Å². The fourth-order valence-electron chi connectivity index (χ4n) is 2.52. The molecule has 0 nitrogen and oxygen atoms in total. The minimum absolute atomic E-state index is 0.852. The Morgan fingerprint density at radius 1 is 0.882 bits per heavy atom. The molecule has 0 aromatic heterocycles. The summed E-state index contributed by atoms with van der Waals surface area (Å²) in [5.41, 5.74) is 0. The smallest absolute Gasteiger partial charge is 0.00160 e. The van der Waals surface area contributed by atoms with Crippen molar-refractivity contribution in [2.45, 2.75) is 84.8 Å². The first kappa shape index (κ1) is 17.4. The van der Waals surface area contributed by atoms with E-state index in [1.54, 1.807) is 0 Å². The van der Waals surface area contributed by atoms with Crippen LogP contribution >= 0.6 is 11.8 Å². The molecule has 3 atom stereocenters. The van der Waals surface area contributed by atoms with E-state index >= 15 is 0 Å². The average molecular weight is 259 g/mol. The van der Waals surface area contributed by atoms with Crippen molar-refractivity contribution in [3.63, 3.8) is 0 Å². The van der Waals surface area contributed by atoms with Gasteiger partial charge < -0.3 is 0 Å². The lowest BCUT2D eigenvalue weighted by molar-refractivity contribution is 0.345. The van der Waals surface area contributed by atoms with Crippen LogP contribution in [0.5, 0.6) is 0 Å². The van der Waals surface area contributed by atoms with Gasteiger partial charge in [0.1, 0.15) is 0 Å². The summed E-state index contributed by atoms with van der Waals surface area (Å²) in [6.45, 7) is 11.7. The Hall–Kier alpha value is 0.350. The van der Waals surface area contributed by atoms with Gasteiger partial charge in [-0.25, -0.2) is 0 Å². The molecule has 0 rings (SSSR count). The molecule has 0 saturated heterocycles. The Morgan fingerprint density at radius 3 is 2.06 bits per heavy atom. The van der Waals surface area contributed by atoms with Crippen LogP contribution in [-0.2, 0) is 0 Å². The van der Waals surface area contributed by atoms with Crippen LogP contribution in [-0.4, -0.2) is 11.0 Å². The molecule has 1 heteroatoms. The summed E-state index contributed by atoms with van der Waals surface area (Å²) in [4.78, 5) is 0. The highest BCUT2D eigenvalue weighted by molar-refractivity contribution is 7.99. The van der Waals surface area contributed by atoms with Crippen molar-refractivity contribution in [2.75, 3.05) is 5.75 Å². The molecule has 0 saturated carbocycles. The molecule has 0 aliphatic heterocycles. The van der Waals surface area contributed by atoms with Gasteiger partial charge in [-0.3, -0.25) is 0 Å². The van der Waals surface area contributed by atoms with Gasteiger partial charge in [0.25, 0.3) is 0 Å². The summed E-state index contributed by atoms with van der Waals surface area (Å²) in [7, 11) is 0. The molecule has 0 aliphatic carbocycles. The molecule has 0 aromatic carbocycles. The molecule has 104 valence electrons. The molecule has 3 unspecified atom stereocenters. The number of rotatable bonds is 11. The van der Waals surface area contributed by atoms with Gasteiger partial charge in [0.2, 0.25) is 0 Å². The highest BCUT2D eigenvalue weighted by Gasteiger charge is 2.12. The van der Waals surface area contributed by atoms with Gasteiger partial charge >= 0.3 is 0 Å². The number of hydrogen-bond donors (Lipinski definition) is 0. The van der Waals surface area contributed by atoms with Crippen molar-refractivity contribution < 1.29 is 0 Å². The molecule has 0 aromatic rings. The highest BCUT2D eigenvalue weighted by Crippen LogP contribution is 2.26. The molecular weight excluding hydrogens is 224 g/mol. The molecule has 0 spiro atoms. The van der Waals surface area contributed by atoms with Crippen molar-refractivity contribution in [3.8, 4) is 0 Å². The van der Waals surface area contributed by atoms with Gasteiger partial charge in [0, 0.05) is 5.25 Å². The van der Waals surface area contributed by atoms with E-state index in [0.717, 1.165) is 17.1 Å². The van der Waals surface area contributed by atoms with Crippen LogP contribution in [0.25, 0.3) is 0 Å². The predicted molar refractivity (Wildman–Crippen MR) is 83.9 cm³/mol. The summed E-state index contributed by atoms with van der Waals surface area (Å²) in [5.74, 6) is 3.29. The summed E-state index contributed by atoms with van der Waals surface area (Å²) in [6, 6.07) is 0. The minimum Gasteiger partial charge on any atom is -0.159 e. The first-order valence-corrected chi connectivity index (χ1v) is 8.80. The maximum absolute atomic E-state index is 2.44. The summed E-state index contributed by atoms with van der Waals surface area (Å²) in [6.07, 6.45) is 9.78. The van der Waals surface area contributed by atoms with E-state index in [2.05, 4.69) is 46.4 Å². The maximum atomic E-state index is 2.44. The lowest BCUT2D eigenvalue weighted by atomic mass is 9.88. The number of thioether (sulfide) groups is 1. The molecule has 0 aliphatic rings. The van der Waals surface area contributed by atoms with Gasteiger partial charge in [0.05, 0.1) is 0 Å². The van der Waals surface area contributed by atoms with Gasteiger partial charge in [0.15, 0.2) is 0 Å². The van der Waals surface area contributed by atoms with Crippen molar-refractivity contribution in [2.24, 2.45) is 11.8 Å². The van der Waals surface area contributed by atoms with Gasteiger partial charge in [-0.15, -0.1) is 0 Å². The fraction of sp³-hybridized carbons (Fsp3) is 1.00. The first-order chi connectivity index (χ1) is 8.13. The zero-order valence-electron chi connectivity index (χ0n) is 12.8. The largest absolute Gasteiger partial charge is 0.159 e. The molecule has 0 N–H and O–H groups in total. The SMILES string of the molecule is CCCC(C)CC(CCC)CCSC(C)CC. The van der Waals surface area contributed by atoms with E-state index in [-0.39, 0.29) is 0 Å². The zero-order valence-corrected chi connectivity index (χ0v) is 13.6. The summed E-state index contributed by atoms with van der Waals surface area (Å²) < 4.78 is 0. The third kappa shape index (κ3) is 10.00. The van der Waals surface area contributed by atoms with Crippen LogP contribution in [0.3, 0.4) is 0 Å². The molecular formula is C16H34S. The van der Waals surface area contributed by atoms with Crippen molar-refractivity contribution in [1.82, 2.24) is 0 Å². The van der Waals surface area contributed by atoms with E-state index in [0.29, 0.717) is 0 Å². The van der Waals surface area contributed by atoms with Gasteiger partial charge in [-0.05, 0) is 36.9 Å². The second-order valence-corrected chi connectivity index (χ2v) is 7.21. The van der Waals surface area contributed by atoms with Crippen LogP contribution in [0.1, 0.15) is 79.6 Å². The molecule has 0 bridgehead atoms. The Balaban J connectivity index is 3.80. The fourth-order valence-corrected chi connectivity index (χ4v) is 3.63. The van der Waals surface area contributed by atoms with Crippen LogP contribution in [0.2, 0.25) is 0 Å². The normalized spacial score (nSPS) is 16.8. The van der Waals surface area contributed by atoms with E-state index in [1.165, 1.54) is 50.7 Å². The van der Waals surface area contributed by atoms with E-state index in [1.807, 2.05) is 0 Å². The van der Waals surface area contributed by atoms with Crippen molar-refractivity contribution >= 4 is 11.8 Å². The van der Waals surface area contributed by atoms with Crippen molar-refractivity contribution in [1.29, 1.82) is 0 Å². The van der Waals surface area contributed by atoms with Crippen molar-refractivity contribution in [3.05, 3.63) is 0 Å². The molecule has 0 heterocycles. The lowest BCUT2D eigenvalue weighted by Gasteiger charge is -2.21. The zero-order chi connectivity index (χ0) is 13.1. The second kappa shape index (κ2) is 11.4. The van der Waals surface area contributed by atoms with Crippen LogP contribution < -0.4 is 0 Å². The minimum atomic E-state index is 0.852. The third-order valence-electron chi connectivity index (χ3n) is 3.72. The standard InChI is InChI=1S/C16H34S/c1-6-9-14(4)13-16(10-7-2)11-12-17-15(5)8-3/h14-16H,6-13H2,1-5H3.